The van der Waals surface area contributed by atoms with Crippen LogP contribution in [0.3, 0.4) is 0 Å². The second kappa shape index (κ2) is 9.32. The fourth-order valence-corrected chi connectivity index (χ4v) is 8.46. The van der Waals surface area contributed by atoms with Crippen molar-refractivity contribution in [2.45, 2.75) is 36.7 Å². The Morgan fingerprint density at radius 3 is 2.27 bits per heavy atom. The van der Waals surface area contributed by atoms with Gasteiger partial charge in [0.2, 0.25) is 5.78 Å². The summed E-state index contributed by atoms with van der Waals surface area (Å²) in [6.07, 6.45) is 1.28. The third kappa shape index (κ3) is 4.26. The molecular formula is C27H23NO13S3. The lowest BCUT2D eigenvalue weighted by molar-refractivity contribution is -0.142. The Morgan fingerprint density at radius 1 is 1.00 bits per heavy atom. The zero-order chi connectivity index (χ0) is 32.3. The fourth-order valence-electron chi connectivity index (χ4n) is 6.52. The number of carboxylic acids is 1. The van der Waals surface area contributed by atoms with Gasteiger partial charge in [0.05, 0.1) is 10.8 Å². The molecular weight excluding hydrogens is 642 g/mol. The van der Waals surface area contributed by atoms with Crippen LogP contribution in [-0.4, -0.2) is 68.4 Å². The van der Waals surface area contributed by atoms with Gasteiger partial charge in [0.15, 0.2) is 10.7 Å². The number of fused-ring (bicyclic) bond motifs is 7. The fraction of sp³-hybridized carbons (Fsp3) is 0.259. The van der Waals surface area contributed by atoms with E-state index < -0.39 is 75.1 Å². The summed E-state index contributed by atoms with van der Waals surface area (Å²) in [6.45, 7) is 3.37. The highest BCUT2D eigenvalue weighted by molar-refractivity contribution is 7.93. The van der Waals surface area contributed by atoms with E-state index in [9.17, 15) is 53.6 Å². The van der Waals surface area contributed by atoms with E-state index in [1.54, 1.807) is 19.1 Å². The summed E-state index contributed by atoms with van der Waals surface area (Å²) < 4.78 is 107. The van der Waals surface area contributed by atoms with Gasteiger partial charge in [-0.3, -0.25) is 23.2 Å². The number of ether oxygens (including phenoxy) is 1. The molecule has 0 spiro atoms. The average Bonchev–Trinajstić information content (AvgIpc) is 3.18. The van der Waals surface area contributed by atoms with Crippen molar-refractivity contribution < 1.29 is 58.3 Å². The second-order valence-electron chi connectivity index (χ2n) is 11.0. The molecule has 2 aromatic rings. The third-order valence-electron chi connectivity index (χ3n) is 8.60. The lowest BCUT2D eigenvalue weighted by Crippen LogP contribution is -2.44. The number of benzene rings is 2. The van der Waals surface area contributed by atoms with Crippen molar-refractivity contribution in [2.75, 3.05) is 11.4 Å². The molecule has 0 saturated carbocycles. The molecule has 0 fully saturated rings. The Kier molecular flexibility index (Phi) is 6.39. The summed E-state index contributed by atoms with van der Waals surface area (Å²) in [5.74, 6) is -4.60. The van der Waals surface area contributed by atoms with E-state index in [-0.39, 0.29) is 23.4 Å². The highest BCUT2D eigenvalue weighted by Gasteiger charge is 2.55. The van der Waals surface area contributed by atoms with Crippen molar-refractivity contribution in [1.82, 2.24) is 0 Å². The van der Waals surface area contributed by atoms with E-state index in [0.717, 1.165) is 6.08 Å². The average molecular weight is 666 g/mol. The normalized spacial score (nSPS) is 24.2. The molecule has 0 amide bonds. The summed E-state index contributed by atoms with van der Waals surface area (Å²) >= 11 is 0. The SMILES string of the molecule is CC(C(=O)O)C1(C)C2=C3C=C4C=C(S(=O)(=O)O)C(=O)C(S(=O)(=O)O)=C4OC3CCN2c2ccc3cc(S(=O)(=O)O)ccc3c21. The molecule has 3 heterocycles. The predicted octanol–water partition coefficient (Wildman–Crippen LogP) is 2.32. The van der Waals surface area contributed by atoms with Crippen LogP contribution in [0.4, 0.5) is 5.69 Å². The first-order chi connectivity index (χ1) is 20.3. The van der Waals surface area contributed by atoms with Crippen LogP contribution < -0.4 is 4.90 Å². The number of carbonyl (C=O) groups excluding carboxylic acids is 1. The van der Waals surface area contributed by atoms with Crippen LogP contribution in [0.15, 0.2) is 79.8 Å². The second-order valence-corrected chi connectivity index (χ2v) is 15.1. The molecule has 0 bridgehead atoms. The number of Topliss-reactive ketones (excluding diaryl/α,β-unsaturated/α-hetero) is 1. The minimum Gasteiger partial charge on any atom is -0.483 e. The van der Waals surface area contributed by atoms with E-state index >= 15 is 0 Å². The molecule has 0 aromatic heterocycles. The van der Waals surface area contributed by atoms with Crippen LogP contribution in [0.1, 0.15) is 25.8 Å². The predicted molar refractivity (Wildman–Crippen MR) is 153 cm³/mol. The maximum atomic E-state index is 12.8. The van der Waals surface area contributed by atoms with Gasteiger partial charge in [-0.15, -0.1) is 0 Å². The van der Waals surface area contributed by atoms with Gasteiger partial charge >= 0.3 is 16.1 Å². The molecule has 4 N–H and O–H groups in total. The van der Waals surface area contributed by atoms with Crippen molar-refractivity contribution in [3.8, 4) is 0 Å². The molecule has 232 valence electrons. The Hall–Kier alpha value is -3.87. The van der Waals surface area contributed by atoms with Gasteiger partial charge in [0, 0.05) is 40.9 Å². The minimum absolute atomic E-state index is 0.185. The van der Waals surface area contributed by atoms with Gasteiger partial charge in [0.1, 0.15) is 11.0 Å². The van der Waals surface area contributed by atoms with E-state index in [2.05, 4.69) is 0 Å². The summed E-state index contributed by atoms with van der Waals surface area (Å²) in [5, 5.41) is 11.2. The minimum atomic E-state index is -5.34. The van der Waals surface area contributed by atoms with E-state index in [4.69, 9.17) is 4.74 Å². The number of allylic oxidation sites excluding steroid dienone is 4. The number of carbonyl (C=O) groups is 2. The Balaban J connectivity index is 1.69. The van der Waals surface area contributed by atoms with Crippen molar-refractivity contribution in [3.05, 3.63) is 80.5 Å². The molecule has 17 heteroatoms. The number of hydrogen-bond acceptors (Lipinski definition) is 10. The van der Waals surface area contributed by atoms with Crippen LogP contribution >= 0.6 is 0 Å². The summed E-state index contributed by atoms with van der Waals surface area (Å²) in [6, 6.07) is 7.23. The molecule has 1 aliphatic carbocycles. The van der Waals surface area contributed by atoms with E-state index in [1.807, 2.05) is 4.90 Å². The highest BCUT2D eigenvalue weighted by atomic mass is 32.2. The zero-order valence-electron chi connectivity index (χ0n) is 22.7. The van der Waals surface area contributed by atoms with Gasteiger partial charge in [-0.05, 0) is 53.6 Å². The summed E-state index contributed by atoms with van der Waals surface area (Å²) in [7, 11) is -15.1. The summed E-state index contributed by atoms with van der Waals surface area (Å²) in [4.78, 5) is 24.2. The number of aliphatic carboxylic acids is 1. The van der Waals surface area contributed by atoms with E-state index in [0.29, 0.717) is 33.3 Å². The van der Waals surface area contributed by atoms with Gasteiger partial charge in [-0.25, -0.2) is 0 Å². The smallest absolute Gasteiger partial charge is 0.307 e. The summed E-state index contributed by atoms with van der Waals surface area (Å²) in [5.41, 5.74) is 0.265. The molecule has 4 aliphatic rings. The largest absolute Gasteiger partial charge is 0.483 e. The molecule has 14 nitrogen and oxygen atoms in total. The van der Waals surface area contributed by atoms with Crippen molar-refractivity contribution in [2.24, 2.45) is 5.92 Å². The van der Waals surface area contributed by atoms with Crippen LogP contribution in [0, 0.1) is 5.92 Å². The lowest BCUT2D eigenvalue weighted by Gasteiger charge is -2.42. The number of nitrogens with zero attached hydrogens (tertiary/aromatic N) is 1. The van der Waals surface area contributed by atoms with Gasteiger partial charge in [0.25, 0.3) is 20.2 Å². The topological polar surface area (TPSA) is 230 Å². The molecule has 44 heavy (non-hydrogen) atoms. The number of anilines is 1. The Bertz CT molecular complexity index is 2210. The van der Waals surface area contributed by atoms with Crippen molar-refractivity contribution >= 4 is 58.6 Å². The molecule has 3 unspecified atom stereocenters. The quantitative estimate of drug-likeness (QED) is 0.336. The first-order valence-corrected chi connectivity index (χ1v) is 17.2. The lowest BCUT2D eigenvalue weighted by atomic mass is 9.68. The molecule has 0 saturated heterocycles. The first kappa shape index (κ1) is 30.2. The maximum absolute atomic E-state index is 12.8. The monoisotopic (exact) mass is 665 g/mol. The van der Waals surface area contributed by atoms with Crippen LogP contribution in [0.25, 0.3) is 10.8 Å². The zero-order valence-corrected chi connectivity index (χ0v) is 25.2. The number of carboxylic acid groups (broad SMARTS) is 1. The molecule has 2 aromatic carbocycles. The first-order valence-electron chi connectivity index (χ1n) is 12.9. The number of ketones is 1. The molecule has 3 aliphatic heterocycles. The highest BCUT2D eigenvalue weighted by Crippen LogP contribution is 2.58. The van der Waals surface area contributed by atoms with Crippen LogP contribution in [0.2, 0.25) is 0 Å². The third-order valence-corrected chi connectivity index (χ3v) is 11.2. The van der Waals surface area contributed by atoms with Crippen molar-refractivity contribution in [1.29, 1.82) is 0 Å². The molecule has 3 atom stereocenters. The number of rotatable bonds is 5. The Labute approximate surface area is 250 Å². The van der Waals surface area contributed by atoms with Gasteiger partial charge in [-0.2, -0.15) is 25.3 Å². The van der Waals surface area contributed by atoms with Gasteiger partial charge in [-0.1, -0.05) is 19.1 Å². The van der Waals surface area contributed by atoms with Gasteiger partial charge < -0.3 is 14.7 Å². The van der Waals surface area contributed by atoms with Crippen LogP contribution in [0.5, 0.6) is 0 Å². The standard InChI is InChI=1S/C27H23NO13S3/c1-12(26(30)31)27(2)21-16-5-4-15(42(32,33)34)9-13(16)3-6-18(21)28-8-7-19-17(25(27)28)10-14-11-20(43(35,36)37)22(29)24(23(14)41-19)44(38,39)40/h3-6,9-12,19H,7-8H2,1-2H3,(H,30,31)(H,32,33,34)(H,35,36,37)(H,38,39,40). The molecule has 0 radical (unpaired) electrons. The van der Waals surface area contributed by atoms with E-state index in [1.165, 1.54) is 31.2 Å². The Morgan fingerprint density at radius 2 is 1.68 bits per heavy atom. The van der Waals surface area contributed by atoms with Crippen molar-refractivity contribution in [3.63, 3.8) is 0 Å². The van der Waals surface area contributed by atoms with Crippen LogP contribution in [-0.2, 0) is 50.1 Å². The maximum Gasteiger partial charge on any atom is 0.307 e. The molecule has 6 rings (SSSR count). The number of hydrogen-bond donors (Lipinski definition) is 4.